The molecule has 0 unspecified atom stereocenters. The summed E-state index contributed by atoms with van der Waals surface area (Å²) in [5, 5.41) is 5.98. The fraction of sp³-hybridized carbons (Fsp3) is 0.240. The van der Waals surface area contributed by atoms with Gasteiger partial charge in [-0.1, -0.05) is 23.7 Å². The number of aromatic nitrogens is 1. The first-order valence-corrected chi connectivity index (χ1v) is 11.1. The standard InChI is InChI=1S/C25H20ClF2N3O4/c1-12-4-7-20(30-22(12)15-8-13-9-21(32)29-17(13)11-16(15)26)31-23(33)24(2,3)14-5-6-18-19(10-14)35-25(27,28)34-18/h4-8,10-11H,9H2,1-3H3,(H,29,32)(H,30,31,33). The normalized spacial score (nSPS) is 15.5. The van der Waals surface area contributed by atoms with E-state index >= 15 is 0 Å². The zero-order chi connectivity index (χ0) is 25.1. The van der Waals surface area contributed by atoms with Gasteiger partial charge in [-0.25, -0.2) is 4.98 Å². The molecule has 0 saturated heterocycles. The van der Waals surface area contributed by atoms with Crippen LogP contribution in [-0.2, 0) is 21.4 Å². The molecule has 0 aliphatic carbocycles. The number of halogens is 3. The molecule has 2 aliphatic heterocycles. The molecule has 2 amide bonds. The van der Waals surface area contributed by atoms with E-state index in [0.29, 0.717) is 33.3 Å². The first-order chi connectivity index (χ1) is 16.4. The van der Waals surface area contributed by atoms with E-state index in [1.165, 1.54) is 18.2 Å². The maximum atomic E-state index is 13.4. The number of hydrogen-bond acceptors (Lipinski definition) is 5. The summed E-state index contributed by atoms with van der Waals surface area (Å²) in [5.74, 6) is -0.443. The smallest absolute Gasteiger partial charge is 0.395 e. The van der Waals surface area contributed by atoms with Gasteiger partial charge in [-0.3, -0.25) is 9.59 Å². The Balaban J connectivity index is 1.42. The largest absolute Gasteiger partial charge is 0.586 e. The molecule has 2 aromatic carbocycles. The Bertz CT molecular complexity index is 1410. The summed E-state index contributed by atoms with van der Waals surface area (Å²) in [6, 6.07) is 11.2. The maximum absolute atomic E-state index is 13.4. The van der Waals surface area contributed by atoms with Crippen LogP contribution in [0.3, 0.4) is 0 Å². The van der Waals surface area contributed by atoms with Crippen LogP contribution in [0.1, 0.15) is 30.5 Å². The van der Waals surface area contributed by atoms with Crippen molar-refractivity contribution >= 4 is 34.9 Å². The molecular weight excluding hydrogens is 480 g/mol. The predicted molar refractivity (Wildman–Crippen MR) is 126 cm³/mol. The number of fused-ring (bicyclic) bond motifs is 2. The third-order valence-electron chi connectivity index (χ3n) is 6.10. The summed E-state index contributed by atoms with van der Waals surface area (Å²) in [6.45, 7) is 5.19. The van der Waals surface area contributed by atoms with E-state index in [0.717, 1.165) is 11.1 Å². The predicted octanol–water partition coefficient (Wildman–Crippen LogP) is 5.44. The van der Waals surface area contributed by atoms with E-state index in [9.17, 15) is 18.4 Å². The molecule has 0 radical (unpaired) electrons. The average Bonchev–Trinajstić information content (AvgIpc) is 3.29. The van der Waals surface area contributed by atoms with Gasteiger partial charge in [0.05, 0.1) is 22.6 Å². The lowest BCUT2D eigenvalue weighted by molar-refractivity contribution is -0.286. The minimum absolute atomic E-state index is 0.0945. The second kappa shape index (κ2) is 7.91. The van der Waals surface area contributed by atoms with Gasteiger partial charge < -0.3 is 20.1 Å². The molecule has 180 valence electrons. The Morgan fingerprint density at radius 3 is 2.66 bits per heavy atom. The minimum Gasteiger partial charge on any atom is -0.395 e. The molecule has 0 atom stereocenters. The van der Waals surface area contributed by atoms with Crippen molar-refractivity contribution < 1.29 is 27.8 Å². The first kappa shape index (κ1) is 23.0. The number of alkyl halides is 2. The highest BCUT2D eigenvalue weighted by atomic mass is 35.5. The van der Waals surface area contributed by atoms with Crippen LogP contribution < -0.4 is 20.1 Å². The van der Waals surface area contributed by atoms with Crippen LogP contribution in [-0.4, -0.2) is 23.1 Å². The highest BCUT2D eigenvalue weighted by molar-refractivity contribution is 6.34. The van der Waals surface area contributed by atoms with E-state index in [4.69, 9.17) is 11.6 Å². The second-order valence-corrected chi connectivity index (χ2v) is 9.39. The van der Waals surface area contributed by atoms with Crippen molar-refractivity contribution in [2.24, 2.45) is 0 Å². The lowest BCUT2D eigenvalue weighted by Crippen LogP contribution is -2.35. The fourth-order valence-electron chi connectivity index (χ4n) is 4.04. The molecular formula is C25H20ClF2N3O4. The molecule has 3 heterocycles. The molecule has 3 aromatic rings. The quantitative estimate of drug-likeness (QED) is 0.499. The van der Waals surface area contributed by atoms with Crippen LogP contribution in [0.25, 0.3) is 11.3 Å². The molecule has 1 aromatic heterocycles. The van der Waals surface area contributed by atoms with Crippen LogP contribution in [0.2, 0.25) is 5.02 Å². The number of benzene rings is 2. The van der Waals surface area contributed by atoms with Gasteiger partial charge in [0.1, 0.15) is 5.82 Å². The summed E-state index contributed by atoms with van der Waals surface area (Å²) in [5.41, 5.74) is 2.89. The Labute approximate surface area is 204 Å². The lowest BCUT2D eigenvalue weighted by atomic mass is 9.83. The number of rotatable bonds is 4. The van der Waals surface area contributed by atoms with Gasteiger partial charge in [0.15, 0.2) is 11.5 Å². The third-order valence-corrected chi connectivity index (χ3v) is 6.41. The molecule has 0 saturated carbocycles. The number of carbonyl (C=O) groups is 2. The molecule has 0 bridgehead atoms. The Morgan fingerprint density at radius 2 is 1.89 bits per heavy atom. The number of hydrogen-bond donors (Lipinski definition) is 2. The number of aryl methyl sites for hydroxylation is 1. The van der Waals surface area contributed by atoms with Gasteiger partial charge in [-0.2, -0.15) is 0 Å². The second-order valence-electron chi connectivity index (χ2n) is 8.98. The zero-order valence-corrected chi connectivity index (χ0v) is 19.7. The molecule has 5 rings (SSSR count). The van der Waals surface area contributed by atoms with Crippen molar-refractivity contribution in [1.29, 1.82) is 0 Å². The minimum atomic E-state index is -3.74. The Morgan fingerprint density at radius 1 is 1.14 bits per heavy atom. The van der Waals surface area contributed by atoms with Gasteiger partial charge in [0.25, 0.3) is 0 Å². The van der Waals surface area contributed by atoms with Crippen molar-refractivity contribution in [1.82, 2.24) is 4.98 Å². The van der Waals surface area contributed by atoms with Crippen LogP contribution >= 0.6 is 11.6 Å². The average molecular weight is 500 g/mol. The van der Waals surface area contributed by atoms with E-state index in [2.05, 4.69) is 25.1 Å². The molecule has 2 N–H and O–H groups in total. The van der Waals surface area contributed by atoms with Gasteiger partial charge in [0.2, 0.25) is 11.8 Å². The van der Waals surface area contributed by atoms with Crippen molar-refractivity contribution in [3.05, 3.63) is 64.2 Å². The molecule has 7 nitrogen and oxygen atoms in total. The Kier molecular flexibility index (Phi) is 5.21. The number of nitrogens with one attached hydrogen (secondary N) is 2. The van der Waals surface area contributed by atoms with E-state index in [1.54, 1.807) is 32.0 Å². The fourth-order valence-corrected chi connectivity index (χ4v) is 4.30. The van der Waals surface area contributed by atoms with E-state index in [-0.39, 0.29) is 23.8 Å². The van der Waals surface area contributed by atoms with Crippen LogP contribution in [0.5, 0.6) is 11.5 Å². The monoisotopic (exact) mass is 499 g/mol. The molecule has 2 aliphatic rings. The molecule has 10 heteroatoms. The van der Waals surface area contributed by atoms with Gasteiger partial charge >= 0.3 is 6.29 Å². The van der Waals surface area contributed by atoms with Crippen molar-refractivity contribution in [3.63, 3.8) is 0 Å². The number of carbonyl (C=O) groups excluding carboxylic acids is 2. The number of anilines is 2. The first-order valence-electron chi connectivity index (χ1n) is 10.7. The zero-order valence-electron chi connectivity index (χ0n) is 19.0. The molecule has 0 spiro atoms. The third kappa shape index (κ3) is 4.16. The number of nitrogens with zero attached hydrogens (tertiary/aromatic N) is 1. The number of amides is 2. The highest BCUT2D eigenvalue weighted by Crippen LogP contribution is 2.43. The van der Waals surface area contributed by atoms with Crippen molar-refractivity contribution in [3.8, 4) is 22.8 Å². The van der Waals surface area contributed by atoms with Crippen molar-refractivity contribution in [2.75, 3.05) is 10.6 Å². The van der Waals surface area contributed by atoms with Gasteiger partial charge in [0, 0.05) is 11.3 Å². The van der Waals surface area contributed by atoms with Crippen LogP contribution in [0, 0.1) is 6.92 Å². The maximum Gasteiger partial charge on any atom is 0.586 e. The van der Waals surface area contributed by atoms with E-state index < -0.39 is 17.6 Å². The number of pyridine rings is 1. The highest BCUT2D eigenvalue weighted by Gasteiger charge is 2.44. The van der Waals surface area contributed by atoms with Crippen LogP contribution in [0.15, 0.2) is 42.5 Å². The molecule has 35 heavy (non-hydrogen) atoms. The Hall–Kier alpha value is -3.72. The summed E-state index contributed by atoms with van der Waals surface area (Å²) in [7, 11) is 0. The summed E-state index contributed by atoms with van der Waals surface area (Å²) < 4.78 is 35.7. The summed E-state index contributed by atoms with van der Waals surface area (Å²) in [6.07, 6.45) is -3.48. The number of ether oxygens (including phenoxy) is 2. The summed E-state index contributed by atoms with van der Waals surface area (Å²) in [4.78, 5) is 29.6. The lowest BCUT2D eigenvalue weighted by Gasteiger charge is -2.24. The SMILES string of the molecule is Cc1ccc(NC(=O)C(C)(C)c2ccc3c(c2)OC(F)(F)O3)nc1-c1cc2c(cc1Cl)NC(=O)C2. The summed E-state index contributed by atoms with van der Waals surface area (Å²) >= 11 is 6.49. The molecule has 0 fully saturated rings. The van der Waals surface area contributed by atoms with Gasteiger partial charge in [-0.05, 0) is 67.8 Å². The van der Waals surface area contributed by atoms with Crippen LogP contribution in [0.4, 0.5) is 20.3 Å². The van der Waals surface area contributed by atoms with E-state index in [1.807, 2.05) is 13.0 Å². The van der Waals surface area contributed by atoms with Crippen molar-refractivity contribution in [2.45, 2.75) is 38.9 Å². The topological polar surface area (TPSA) is 89.6 Å². The van der Waals surface area contributed by atoms with Gasteiger partial charge in [-0.15, -0.1) is 8.78 Å².